The van der Waals surface area contributed by atoms with Crippen molar-refractivity contribution in [3.05, 3.63) is 53.6 Å². The van der Waals surface area contributed by atoms with Gasteiger partial charge in [-0.05, 0) is 48.6 Å². The quantitative estimate of drug-likeness (QED) is 0.298. The first-order valence-electron chi connectivity index (χ1n) is 6.99. The molecule has 3 N–H and O–H groups in total. The Hall–Kier alpha value is -1.63. The molecule has 0 aromatic heterocycles. The van der Waals surface area contributed by atoms with Crippen LogP contribution < -0.4 is 20.9 Å². The maximum atomic E-state index is 5.86. The second-order valence-corrected chi connectivity index (χ2v) is 6.55. The van der Waals surface area contributed by atoms with Gasteiger partial charge in [0.2, 0.25) is 0 Å². The Morgan fingerprint density at radius 2 is 2.00 bits per heavy atom. The Balaban J connectivity index is 1.64. The fourth-order valence-electron chi connectivity index (χ4n) is 1.74. The van der Waals surface area contributed by atoms with E-state index in [-0.39, 0.29) is 0 Å². The Bertz CT molecular complexity index is 637. The third kappa shape index (κ3) is 6.56. The molecule has 0 fully saturated rings. The van der Waals surface area contributed by atoms with E-state index in [4.69, 9.17) is 28.6 Å². The van der Waals surface area contributed by atoms with E-state index in [9.17, 15) is 0 Å². The summed E-state index contributed by atoms with van der Waals surface area (Å²) in [6.07, 6.45) is 0. The summed E-state index contributed by atoms with van der Waals surface area (Å²) in [6.45, 7) is 0.763. The number of nitrogens with one attached hydrogen (secondary N) is 3. The smallest absolute Gasteiger partial charge is 0.185 e. The lowest BCUT2D eigenvalue weighted by molar-refractivity contribution is 0.415. The Morgan fingerprint density at radius 3 is 2.74 bits per heavy atom. The van der Waals surface area contributed by atoms with Gasteiger partial charge in [0, 0.05) is 28.3 Å². The average molecular weight is 368 g/mol. The zero-order chi connectivity index (χ0) is 16.5. The van der Waals surface area contributed by atoms with Crippen LogP contribution in [0.15, 0.2) is 53.4 Å². The minimum absolute atomic E-state index is 0.546. The molecule has 0 heterocycles. The van der Waals surface area contributed by atoms with E-state index in [2.05, 4.69) is 16.2 Å². The molecular formula is C16H18ClN3OS2. The summed E-state index contributed by atoms with van der Waals surface area (Å²) < 4.78 is 5.16. The second-order valence-electron chi connectivity index (χ2n) is 4.54. The SMILES string of the molecule is COc1cccc(NNC(=S)NCCSc2ccc(Cl)cc2)c1. The lowest BCUT2D eigenvalue weighted by Crippen LogP contribution is -2.39. The number of halogens is 1. The van der Waals surface area contributed by atoms with E-state index in [0.717, 1.165) is 28.8 Å². The zero-order valence-electron chi connectivity index (χ0n) is 12.6. The Kier molecular flexibility index (Phi) is 7.32. The molecule has 0 aliphatic heterocycles. The van der Waals surface area contributed by atoms with Gasteiger partial charge in [-0.3, -0.25) is 10.9 Å². The molecule has 0 bridgehead atoms. The van der Waals surface area contributed by atoms with Gasteiger partial charge < -0.3 is 10.1 Å². The fraction of sp³-hybridized carbons (Fsp3) is 0.188. The highest BCUT2D eigenvalue weighted by molar-refractivity contribution is 7.99. The molecule has 2 rings (SSSR count). The molecule has 7 heteroatoms. The minimum atomic E-state index is 0.546. The number of rotatable bonds is 7. The van der Waals surface area contributed by atoms with Crippen LogP contribution in [-0.4, -0.2) is 24.5 Å². The first-order chi connectivity index (χ1) is 11.2. The van der Waals surface area contributed by atoms with Crippen molar-refractivity contribution < 1.29 is 4.74 Å². The Morgan fingerprint density at radius 1 is 1.22 bits per heavy atom. The average Bonchev–Trinajstić information content (AvgIpc) is 2.58. The van der Waals surface area contributed by atoms with Crippen LogP contribution in [0.5, 0.6) is 5.75 Å². The normalized spacial score (nSPS) is 10.0. The van der Waals surface area contributed by atoms with Crippen molar-refractivity contribution >= 4 is 46.4 Å². The summed E-state index contributed by atoms with van der Waals surface area (Å²) in [6, 6.07) is 15.4. The van der Waals surface area contributed by atoms with Gasteiger partial charge >= 0.3 is 0 Å². The zero-order valence-corrected chi connectivity index (χ0v) is 15.0. The van der Waals surface area contributed by atoms with Gasteiger partial charge in [0.05, 0.1) is 12.8 Å². The van der Waals surface area contributed by atoms with Crippen LogP contribution in [0.2, 0.25) is 5.02 Å². The first-order valence-corrected chi connectivity index (χ1v) is 8.77. The number of benzene rings is 2. The monoisotopic (exact) mass is 367 g/mol. The van der Waals surface area contributed by atoms with E-state index in [1.807, 2.05) is 48.5 Å². The molecule has 0 atom stereocenters. The summed E-state index contributed by atoms with van der Waals surface area (Å²) in [4.78, 5) is 1.18. The van der Waals surface area contributed by atoms with Crippen molar-refractivity contribution in [1.29, 1.82) is 0 Å². The Labute approximate surface area is 150 Å². The maximum Gasteiger partial charge on any atom is 0.185 e. The van der Waals surface area contributed by atoms with Gasteiger partial charge in [-0.25, -0.2) is 0 Å². The molecular weight excluding hydrogens is 350 g/mol. The number of methoxy groups -OCH3 is 1. The second kappa shape index (κ2) is 9.50. The number of ether oxygens (including phenoxy) is 1. The van der Waals surface area contributed by atoms with Crippen LogP contribution in [-0.2, 0) is 0 Å². The van der Waals surface area contributed by atoms with Crippen LogP contribution in [0.3, 0.4) is 0 Å². The minimum Gasteiger partial charge on any atom is -0.497 e. The summed E-state index contributed by atoms with van der Waals surface area (Å²) in [5, 5.41) is 4.44. The van der Waals surface area contributed by atoms with Crippen molar-refractivity contribution in [2.24, 2.45) is 0 Å². The van der Waals surface area contributed by atoms with Gasteiger partial charge in [0.15, 0.2) is 5.11 Å². The largest absolute Gasteiger partial charge is 0.497 e. The highest BCUT2D eigenvalue weighted by Gasteiger charge is 1.98. The van der Waals surface area contributed by atoms with Gasteiger partial charge in [-0.1, -0.05) is 17.7 Å². The summed E-state index contributed by atoms with van der Waals surface area (Å²) >= 11 is 12.8. The summed E-state index contributed by atoms with van der Waals surface area (Å²) in [5.41, 5.74) is 6.85. The predicted molar refractivity (Wildman–Crippen MR) is 103 cm³/mol. The van der Waals surface area contributed by atoms with Gasteiger partial charge in [-0.2, -0.15) is 0 Å². The van der Waals surface area contributed by atoms with E-state index in [1.54, 1.807) is 18.9 Å². The first kappa shape index (κ1) is 17.7. The van der Waals surface area contributed by atoms with Crippen LogP contribution in [0, 0.1) is 0 Å². The number of thiocarbonyl (C=S) groups is 1. The fourth-order valence-corrected chi connectivity index (χ4v) is 2.79. The number of thioether (sulfide) groups is 1. The molecule has 122 valence electrons. The van der Waals surface area contributed by atoms with E-state index in [0.29, 0.717) is 5.11 Å². The third-order valence-corrected chi connectivity index (χ3v) is 4.37. The number of anilines is 1. The number of hydrogen-bond acceptors (Lipinski definition) is 4. The topological polar surface area (TPSA) is 45.3 Å². The molecule has 0 aliphatic rings. The van der Waals surface area contributed by atoms with Crippen molar-refractivity contribution in [2.75, 3.05) is 24.8 Å². The van der Waals surface area contributed by atoms with Crippen LogP contribution >= 0.6 is 35.6 Å². The van der Waals surface area contributed by atoms with Crippen LogP contribution in [0.4, 0.5) is 5.69 Å². The van der Waals surface area contributed by atoms with Crippen LogP contribution in [0.1, 0.15) is 0 Å². The standard InChI is InChI=1S/C16H18ClN3OS2/c1-21-14-4-2-3-13(11-14)19-20-16(22)18-9-10-23-15-7-5-12(17)6-8-15/h2-8,11,19H,9-10H2,1H3,(H2,18,20,22). The molecule has 23 heavy (non-hydrogen) atoms. The van der Waals surface area contributed by atoms with E-state index in [1.165, 1.54) is 4.90 Å². The molecule has 2 aromatic carbocycles. The van der Waals surface area contributed by atoms with Crippen molar-refractivity contribution in [3.8, 4) is 5.75 Å². The molecule has 0 spiro atoms. The van der Waals surface area contributed by atoms with Gasteiger partial charge in [-0.15, -0.1) is 11.8 Å². The molecule has 0 saturated heterocycles. The molecule has 0 unspecified atom stereocenters. The molecule has 0 aliphatic carbocycles. The lowest BCUT2D eigenvalue weighted by atomic mass is 10.3. The van der Waals surface area contributed by atoms with Crippen molar-refractivity contribution in [3.63, 3.8) is 0 Å². The number of hydrogen-bond donors (Lipinski definition) is 3. The molecule has 2 aromatic rings. The lowest BCUT2D eigenvalue weighted by Gasteiger charge is -2.13. The highest BCUT2D eigenvalue weighted by Crippen LogP contribution is 2.19. The van der Waals surface area contributed by atoms with E-state index >= 15 is 0 Å². The predicted octanol–water partition coefficient (Wildman–Crippen LogP) is 3.93. The molecule has 0 amide bonds. The molecule has 0 radical (unpaired) electrons. The highest BCUT2D eigenvalue weighted by atomic mass is 35.5. The van der Waals surface area contributed by atoms with Crippen LogP contribution in [0.25, 0.3) is 0 Å². The van der Waals surface area contributed by atoms with E-state index < -0.39 is 0 Å². The number of hydrazine groups is 1. The third-order valence-electron chi connectivity index (χ3n) is 2.86. The summed E-state index contributed by atoms with van der Waals surface area (Å²) in [7, 11) is 1.64. The van der Waals surface area contributed by atoms with Gasteiger partial charge in [0.1, 0.15) is 5.75 Å². The summed E-state index contributed by atoms with van der Waals surface area (Å²) in [5.74, 6) is 1.69. The molecule has 0 saturated carbocycles. The molecule has 4 nitrogen and oxygen atoms in total. The maximum absolute atomic E-state index is 5.86. The van der Waals surface area contributed by atoms with Crippen molar-refractivity contribution in [2.45, 2.75) is 4.90 Å². The van der Waals surface area contributed by atoms with Crippen molar-refractivity contribution in [1.82, 2.24) is 10.7 Å². The van der Waals surface area contributed by atoms with Gasteiger partial charge in [0.25, 0.3) is 0 Å².